The van der Waals surface area contributed by atoms with E-state index in [-0.39, 0.29) is 22.2 Å². The molecule has 110 valence electrons. The number of hydrogen-bond acceptors (Lipinski definition) is 5. The van der Waals surface area contributed by atoms with Crippen LogP contribution in [-0.2, 0) is 11.2 Å². The van der Waals surface area contributed by atoms with Gasteiger partial charge in [0.25, 0.3) is 5.69 Å². The number of nitrogens with zero attached hydrogens (tertiary/aromatic N) is 2. The summed E-state index contributed by atoms with van der Waals surface area (Å²) < 4.78 is 0. The Hall–Kier alpha value is -1.86. The zero-order chi connectivity index (χ0) is 15.1. The van der Waals surface area contributed by atoms with E-state index < -0.39 is 11.0 Å². The molecule has 3 atom stereocenters. The number of carbonyl (C=O) groups is 1. The van der Waals surface area contributed by atoms with Gasteiger partial charge in [-0.15, -0.1) is 11.8 Å². The van der Waals surface area contributed by atoms with Crippen LogP contribution >= 0.6 is 11.8 Å². The highest BCUT2D eigenvalue weighted by atomic mass is 32.2. The Labute approximate surface area is 126 Å². The van der Waals surface area contributed by atoms with Crippen molar-refractivity contribution >= 4 is 23.4 Å². The van der Waals surface area contributed by atoms with Crippen LogP contribution in [0.2, 0.25) is 0 Å². The number of rotatable bonds is 3. The highest BCUT2D eigenvalue weighted by molar-refractivity contribution is 8.00. The molecule has 7 heteroatoms. The first-order valence-corrected chi connectivity index (χ1v) is 7.54. The van der Waals surface area contributed by atoms with Crippen molar-refractivity contribution in [3.05, 3.63) is 52.1 Å². The van der Waals surface area contributed by atoms with Gasteiger partial charge in [0.05, 0.1) is 4.92 Å². The molecular weight excluding hydrogens is 290 g/mol. The molecular formula is C14H15N3O3S. The van der Waals surface area contributed by atoms with Crippen molar-refractivity contribution in [2.45, 2.75) is 23.1 Å². The van der Waals surface area contributed by atoms with Gasteiger partial charge < -0.3 is 10.6 Å². The number of β-lactam (4-membered cyclic amide) rings is 1. The summed E-state index contributed by atoms with van der Waals surface area (Å²) in [5.74, 6) is -0.0116. The summed E-state index contributed by atoms with van der Waals surface area (Å²) in [6, 6.07) is 6.14. The number of thioether (sulfide) groups is 1. The number of amides is 1. The fraction of sp³-hybridized carbons (Fsp3) is 0.357. The van der Waals surface area contributed by atoms with E-state index in [4.69, 9.17) is 5.73 Å². The first kappa shape index (κ1) is 14.1. The Balaban J connectivity index is 1.68. The lowest BCUT2D eigenvalue weighted by molar-refractivity contribution is -0.384. The van der Waals surface area contributed by atoms with Crippen LogP contribution in [0.25, 0.3) is 0 Å². The third-order valence-corrected chi connectivity index (χ3v) is 5.54. The second-order valence-electron chi connectivity index (χ2n) is 5.29. The van der Waals surface area contributed by atoms with Crippen LogP contribution in [0.1, 0.15) is 5.56 Å². The molecule has 2 heterocycles. The Morgan fingerprint density at radius 1 is 1.43 bits per heavy atom. The van der Waals surface area contributed by atoms with Crippen molar-refractivity contribution in [1.29, 1.82) is 0 Å². The maximum absolute atomic E-state index is 11.6. The van der Waals surface area contributed by atoms with Crippen molar-refractivity contribution in [2.24, 2.45) is 5.73 Å². The third kappa shape index (κ3) is 2.43. The number of benzene rings is 1. The van der Waals surface area contributed by atoms with E-state index in [1.165, 1.54) is 12.1 Å². The highest BCUT2D eigenvalue weighted by Gasteiger charge is 2.49. The van der Waals surface area contributed by atoms with Crippen molar-refractivity contribution in [3.8, 4) is 0 Å². The van der Waals surface area contributed by atoms with Gasteiger partial charge in [-0.3, -0.25) is 14.9 Å². The SMILES string of the molecule is C=C1CN2C(=O)C(N)[C@H]2SC1Cc1ccc([N+](=O)[O-])cc1. The minimum absolute atomic E-state index is 0.0116. The molecule has 0 bridgehead atoms. The summed E-state index contributed by atoms with van der Waals surface area (Å²) in [5.41, 5.74) is 7.92. The van der Waals surface area contributed by atoms with Crippen LogP contribution < -0.4 is 5.73 Å². The number of nitro benzene ring substituents is 1. The molecule has 2 N–H and O–H groups in total. The molecule has 2 saturated heterocycles. The topological polar surface area (TPSA) is 89.5 Å². The highest BCUT2D eigenvalue weighted by Crippen LogP contribution is 2.40. The molecule has 0 aromatic heterocycles. The van der Waals surface area contributed by atoms with Gasteiger partial charge in [0.15, 0.2) is 0 Å². The molecule has 0 radical (unpaired) electrons. The van der Waals surface area contributed by atoms with E-state index >= 15 is 0 Å². The fourth-order valence-electron chi connectivity index (χ4n) is 2.62. The van der Waals surface area contributed by atoms with Gasteiger partial charge in [0.1, 0.15) is 11.4 Å². The minimum Gasteiger partial charge on any atom is -0.323 e. The van der Waals surface area contributed by atoms with Crippen LogP contribution in [-0.4, -0.2) is 38.9 Å². The van der Waals surface area contributed by atoms with Gasteiger partial charge in [0.2, 0.25) is 5.91 Å². The van der Waals surface area contributed by atoms with E-state index in [2.05, 4.69) is 6.58 Å². The maximum atomic E-state index is 11.6. The largest absolute Gasteiger partial charge is 0.323 e. The first-order valence-electron chi connectivity index (χ1n) is 6.60. The van der Waals surface area contributed by atoms with Gasteiger partial charge in [-0.05, 0) is 17.6 Å². The second kappa shape index (κ2) is 5.16. The van der Waals surface area contributed by atoms with Crippen molar-refractivity contribution < 1.29 is 9.72 Å². The lowest BCUT2D eigenvalue weighted by Crippen LogP contribution is -2.69. The average Bonchev–Trinajstić information content (AvgIpc) is 2.49. The second-order valence-corrected chi connectivity index (χ2v) is 6.62. The zero-order valence-electron chi connectivity index (χ0n) is 11.3. The molecule has 3 rings (SSSR count). The van der Waals surface area contributed by atoms with Crippen molar-refractivity contribution in [3.63, 3.8) is 0 Å². The molecule has 1 amide bonds. The maximum Gasteiger partial charge on any atom is 0.269 e. The number of non-ortho nitro benzene ring substituents is 1. The van der Waals surface area contributed by atoms with E-state index in [1.54, 1.807) is 28.8 Å². The number of nitro groups is 1. The molecule has 0 saturated carbocycles. The number of fused-ring (bicyclic) bond motifs is 1. The smallest absolute Gasteiger partial charge is 0.269 e. The summed E-state index contributed by atoms with van der Waals surface area (Å²) in [6.07, 6.45) is 0.743. The average molecular weight is 305 g/mol. The Bertz CT molecular complexity index is 616. The van der Waals surface area contributed by atoms with E-state index in [9.17, 15) is 14.9 Å². The Morgan fingerprint density at radius 3 is 2.71 bits per heavy atom. The van der Waals surface area contributed by atoms with Gasteiger partial charge in [-0.25, -0.2) is 0 Å². The predicted octanol–water partition coefficient (Wildman–Crippen LogP) is 1.30. The lowest BCUT2D eigenvalue weighted by atomic mass is 10.0. The van der Waals surface area contributed by atoms with Gasteiger partial charge >= 0.3 is 0 Å². The Morgan fingerprint density at radius 2 is 2.10 bits per heavy atom. The Kier molecular flexibility index (Phi) is 3.46. The molecule has 1 aromatic carbocycles. The molecule has 2 fully saturated rings. The number of nitrogens with two attached hydrogens (primary N) is 1. The summed E-state index contributed by atoms with van der Waals surface area (Å²) in [5, 5.41) is 10.9. The number of hydrogen-bond donors (Lipinski definition) is 1. The van der Waals surface area contributed by atoms with Crippen LogP contribution in [0.4, 0.5) is 5.69 Å². The standard InChI is InChI=1S/C14H15N3O3S/c1-8-7-16-13(18)12(15)14(16)21-11(8)6-9-2-4-10(5-3-9)17(19)20/h2-5,11-12,14H,1,6-7,15H2/t11?,12?,14-/m1/s1. The van der Waals surface area contributed by atoms with Crippen LogP contribution in [0, 0.1) is 10.1 Å². The third-order valence-electron chi connectivity index (χ3n) is 3.88. The molecule has 6 nitrogen and oxygen atoms in total. The molecule has 1 aromatic rings. The molecule has 0 spiro atoms. The molecule has 2 unspecified atom stereocenters. The summed E-state index contributed by atoms with van der Waals surface area (Å²) in [4.78, 5) is 23.6. The lowest BCUT2D eigenvalue weighted by Gasteiger charge is -2.50. The van der Waals surface area contributed by atoms with Gasteiger partial charge in [-0.1, -0.05) is 18.7 Å². The fourth-order valence-corrected chi connectivity index (χ4v) is 4.13. The van der Waals surface area contributed by atoms with Gasteiger partial charge in [0, 0.05) is 23.9 Å². The molecule has 21 heavy (non-hydrogen) atoms. The zero-order valence-corrected chi connectivity index (χ0v) is 12.1. The monoisotopic (exact) mass is 305 g/mol. The summed E-state index contributed by atoms with van der Waals surface area (Å²) >= 11 is 1.65. The quantitative estimate of drug-likeness (QED) is 0.393. The predicted molar refractivity (Wildman–Crippen MR) is 80.8 cm³/mol. The van der Waals surface area contributed by atoms with Crippen molar-refractivity contribution in [2.75, 3.05) is 6.54 Å². The number of carbonyl (C=O) groups excluding carboxylic acids is 1. The van der Waals surface area contributed by atoms with Crippen LogP contribution in [0.15, 0.2) is 36.4 Å². The molecule has 0 aliphatic carbocycles. The van der Waals surface area contributed by atoms with Crippen LogP contribution in [0.3, 0.4) is 0 Å². The van der Waals surface area contributed by atoms with Gasteiger partial charge in [-0.2, -0.15) is 0 Å². The molecule has 2 aliphatic heterocycles. The summed E-state index contributed by atoms with van der Waals surface area (Å²) in [6.45, 7) is 4.61. The normalized spacial score (nSPS) is 28.0. The van der Waals surface area contributed by atoms with E-state index in [1.807, 2.05) is 0 Å². The van der Waals surface area contributed by atoms with E-state index in [0.29, 0.717) is 6.54 Å². The minimum atomic E-state index is -0.414. The molecule has 2 aliphatic rings. The van der Waals surface area contributed by atoms with Crippen molar-refractivity contribution in [1.82, 2.24) is 4.90 Å². The van der Waals surface area contributed by atoms with Crippen LogP contribution in [0.5, 0.6) is 0 Å². The van der Waals surface area contributed by atoms with E-state index in [0.717, 1.165) is 17.6 Å². The first-order chi connectivity index (χ1) is 9.97. The summed E-state index contributed by atoms with van der Waals surface area (Å²) in [7, 11) is 0.